The van der Waals surface area contributed by atoms with Crippen LogP contribution in [0, 0.1) is 5.92 Å². The summed E-state index contributed by atoms with van der Waals surface area (Å²) in [5, 5.41) is 3.14. The topological polar surface area (TPSA) is 40.7 Å². The first-order valence-corrected chi connectivity index (χ1v) is 5.39. The first-order chi connectivity index (χ1) is 6.72. The summed E-state index contributed by atoms with van der Waals surface area (Å²) in [5.74, 6) is 1.82. The molecule has 0 atom stereocenters. The molecule has 0 unspecified atom stereocenters. The minimum absolute atomic E-state index is 0.695. The number of hydrogen-bond acceptors (Lipinski definition) is 2. The van der Waals surface area contributed by atoms with E-state index in [0.29, 0.717) is 5.92 Å². The quantitative estimate of drug-likeness (QED) is 0.679. The molecule has 0 amide bonds. The molecule has 0 aromatic carbocycles. The van der Waals surface area contributed by atoms with Gasteiger partial charge in [0.25, 0.3) is 0 Å². The lowest BCUT2D eigenvalue weighted by atomic mass is 10.1. The SMILES string of the molecule is CNCCCc1ncc(CC(C)C)[nH]1. The molecular formula is C11H21N3. The molecule has 0 radical (unpaired) electrons. The van der Waals surface area contributed by atoms with Crippen LogP contribution >= 0.6 is 0 Å². The standard InChI is InChI=1S/C11H21N3/c1-9(2)7-10-8-13-11(14-10)5-4-6-12-3/h8-9,12H,4-7H2,1-3H3,(H,13,14). The predicted octanol–water partition coefficient (Wildman–Crippen LogP) is 1.76. The average molecular weight is 195 g/mol. The van der Waals surface area contributed by atoms with Gasteiger partial charge in [0, 0.05) is 18.3 Å². The van der Waals surface area contributed by atoms with Crippen LogP contribution in [0.4, 0.5) is 0 Å². The third-order valence-electron chi connectivity index (χ3n) is 2.15. The number of imidazole rings is 1. The Morgan fingerprint density at radius 3 is 2.93 bits per heavy atom. The van der Waals surface area contributed by atoms with Gasteiger partial charge in [-0.1, -0.05) is 13.8 Å². The highest BCUT2D eigenvalue weighted by molar-refractivity contribution is 5.02. The Bertz CT molecular complexity index is 253. The largest absolute Gasteiger partial charge is 0.346 e. The van der Waals surface area contributed by atoms with Gasteiger partial charge in [0.1, 0.15) is 5.82 Å². The zero-order chi connectivity index (χ0) is 10.4. The van der Waals surface area contributed by atoms with E-state index < -0.39 is 0 Å². The van der Waals surface area contributed by atoms with E-state index in [4.69, 9.17) is 0 Å². The van der Waals surface area contributed by atoms with Crippen LogP contribution in [0.1, 0.15) is 31.8 Å². The second-order valence-corrected chi connectivity index (χ2v) is 4.16. The van der Waals surface area contributed by atoms with Gasteiger partial charge in [0.15, 0.2) is 0 Å². The molecule has 0 spiro atoms. The van der Waals surface area contributed by atoms with Crippen LogP contribution in [0.15, 0.2) is 6.20 Å². The lowest BCUT2D eigenvalue weighted by Gasteiger charge is -2.00. The number of hydrogen-bond donors (Lipinski definition) is 2. The van der Waals surface area contributed by atoms with Gasteiger partial charge >= 0.3 is 0 Å². The maximum Gasteiger partial charge on any atom is 0.106 e. The van der Waals surface area contributed by atoms with Crippen molar-refractivity contribution in [1.29, 1.82) is 0 Å². The Morgan fingerprint density at radius 1 is 1.50 bits per heavy atom. The number of nitrogens with one attached hydrogen (secondary N) is 2. The second kappa shape index (κ2) is 5.81. The number of aromatic amines is 1. The van der Waals surface area contributed by atoms with Crippen LogP contribution in [0.2, 0.25) is 0 Å². The molecule has 0 fully saturated rings. The highest BCUT2D eigenvalue weighted by Crippen LogP contribution is 2.06. The van der Waals surface area contributed by atoms with Gasteiger partial charge in [-0.25, -0.2) is 4.98 Å². The summed E-state index contributed by atoms with van der Waals surface area (Å²) in [4.78, 5) is 7.72. The number of aryl methyl sites for hydroxylation is 1. The first kappa shape index (κ1) is 11.2. The van der Waals surface area contributed by atoms with Crippen molar-refractivity contribution in [2.24, 2.45) is 5.92 Å². The lowest BCUT2D eigenvalue weighted by molar-refractivity contribution is 0.635. The summed E-state index contributed by atoms with van der Waals surface area (Å²) in [6, 6.07) is 0. The number of rotatable bonds is 6. The Kier molecular flexibility index (Phi) is 4.66. The van der Waals surface area contributed by atoms with Gasteiger partial charge in [-0.05, 0) is 32.4 Å². The van der Waals surface area contributed by atoms with Gasteiger partial charge in [-0.2, -0.15) is 0 Å². The highest BCUT2D eigenvalue weighted by Gasteiger charge is 2.02. The summed E-state index contributed by atoms with van der Waals surface area (Å²) in [5.41, 5.74) is 1.26. The Morgan fingerprint density at radius 2 is 2.29 bits per heavy atom. The molecule has 1 heterocycles. The van der Waals surface area contributed by atoms with Crippen molar-refractivity contribution >= 4 is 0 Å². The molecule has 1 rings (SSSR count). The molecule has 0 bridgehead atoms. The predicted molar refractivity (Wildman–Crippen MR) is 59.4 cm³/mol. The molecule has 0 aliphatic heterocycles. The molecular weight excluding hydrogens is 174 g/mol. The average Bonchev–Trinajstić information content (AvgIpc) is 2.52. The van der Waals surface area contributed by atoms with Crippen LogP contribution in [0.5, 0.6) is 0 Å². The molecule has 0 aliphatic rings. The van der Waals surface area contributed by atoms with Gasteiger partial charge in [0.05, 0.1) is 0 Å². The Labute approximate surface area is 86.3 Å². The van der Waals surface area contributed by atoms with Crippen molar-refractivity contribution < 1.29 is 0 Å². The zero-order valence-electron chi connectivity index (χ0n) is 9.43. The molecule has 0 saturated carbocycles. The van der Waals surface area contributed by atoms with E-state index in [2.05, 4.69) is 29.1 Å². The minimum atomic E-state index is 0.695. The maximum absolute atomic E-state index is 4.36. The Balaban J connectivity index is 2.35. The summed E-state index contributed by atoms with van der Waals surface area (Å²) in [6.45, 7) is 5.50. The fraction of sp³-hybridized carbons (Fsp3) is 0.727. The molecule has 0 aliphatic carbocycles. The fourth-order valence-corrected chi connectivity index (χ4v) is 1.51. The van der Waals surface area contributed by atoms with E-state index in [-0.39, 0.29) is 0 Å². The number of nitrogens with zero attached hydrogens (tertiary/aromatic N) is 1. The molecule has 0 saturated heterocycles. The summed E-state index contributed by atoms with van der Waals surface area (Å²) < 4.78 is 0. The third-order valence-corrected chi connectivity index (χ3v) is 2.15. The molecule has 14 heavy (non-hydrogen) atoms. The fourth-order valence-electron chi connectivity index (χ4n) is 1.51. The van der Waals surface area contributed by atoms with Crippen LogP contribution in [0.3, 0.4) is 0 Å². The zero-order valence-corrected chi connectivity index (χ0v) is 9.43. The van der Waals surface area contributed by atoms with Crippen molar-refractivity contribution in [2.75, 3.05) is 13.6 Å². The number of H-pyrrole nitrogens is 1. The van der Waals surface area contributed by atoms with Crippen molar-refractivity contribution in [3.05, 3.63) is 17.7 Å². The number of aromatic nitrogens is 2. The normalized spacial score (nSPS) is 11.1. The van der Waals surface area contributed by atoms with E-state index in [1.54, 1.807) is 0 Å². The van der Waals surface area contributed by atoms with E-state index in [0.717, 1.165) is 31.6 Å². The first-order valence-electron chi connectivity index (χ1n) is 5.39. The van der Waals surface area contributed by atoms with Gasteiger partial charge in [0.2, 0.25) is 0 Å². The monoisotopic (exact) mass is 195 g/mol. The highest BCUT2D eigenvalue weighted by atomic mass is 14.9. The van der Waals surface area contributed by atoms with Crippen LogP contribution in [-0.2, 0) is 12.8 Å². The van der Waals surface area contributed by atoms with Crippen molar-refractivity contribution in [2.45, 2.75) is 33.1 Å². The molecule has 2 N–H and O–H groups in total. The van der Waals surface area contributed by atoms with E-state index in [1.807, 2.05) is 13.2 Å². The van der Waals surface area contributed by atoms with E-state index >= 15 is 0 Å². The second-order valence-electron chi connectivity index (χ2n) is 4.16. The summed E-state index contributed by atoms with van der Waals surface area (Å²) in [7, 11) is 1.98. The lowest BCUT2D eigenvalue weighted by Crippen LogP contribution is -2.08. The van der Waals surface area contributed by atoms with Crippen molar-refractivity contribution in [3.8, 4) is 0 Å². The van der Waals surface area contributed by atoms with Crippen LogP contribution < -0.4 is 5.32 Å². The van der Waals surface area contributed by atoms with E-state index in [1.165, 1.54) is 5.69 Å². The molecule has 3 heteroatoms. The minimum Gasteiger partial charge on any atom is -0.346 e. The summed E-state index contributed by atoms with van der Waals surface area (Å²) >= 11 is 0. The van der Waals surface area contributed by atoms with Crippen molar-refractivity contribution in [1.82, 2.24) is 15.3 Å². The summed E-state index contributed by atoms with van der Waals surface area (Å²) in [6.07, 6.45) is 5.25. The molecule has 1 aromatic rings. The van der Waals surface area contributed by atoms with Crippen molar-refractivity contribution in [3.63, 3.8) is 0 Å². The Hall–Kier alpha value is -0.830. The smallest absolute Gasteiger partial charge is 0.106 e. The third kappa shape index (κ3) is 3.92. The van der Waals surface area contributed by atoms with Gasteiger partial charge < -0.3 is 10.3 Å². The molecule has 1 aromatic heterocycles. The maximum atomic E-state index is 4.36. The van der Waals surface area contributed by atoms with Crippen LogP contribution in [0.25, 0.3) is 0 Å². The molecule has 80 valence electrons. The van der Waals surface area contributed by atoms with Crippen LogP contribution in [-0.4, -0.2) is 23.6 Å². The van der Waals surface area contributed by atoms with Gasteiger partial charge in [-0.15, -0.1) is 0 Å². The van der Waals surface area contributed by atoms with Gasteiger partial charge in [-0.3, -0.25) is 0 Å². The van der Waals surface area contributed by atoms with E-state index in [9.17, 15) is 0 Å². The molecule has 3 nitrogen and oxygen atoms in total.